The average molecular weight is 268 g/mol. The van der Waals surface area contributed by atoms with Gasteiger partial charge in [-0.3, -0.25) is 0 Å². The van der Waals surface area contributed by atoms with E-state index < -0.39 is 0 Å². The maximum atomic E-state index is 2.27. The van der Waals surface area contributed by atoms with Gasteiger partial charge in [-0.2, -0.15) is 0 Å². The van der Waals surface area contributed by atoms with Crippen LogP contribution >= 0.6 is 0 Å². The normalized spacial score (nSPS) is 26.1. The van der Waals surface area contributed by atoms with Gasteiger partial charge in [0.15, 0.2) is 0 Å². The van der Waals surface area contributed by atoms with E-state index in [-0.39, 0.29) is 17.1 Å². The van der Waals surface area contributed by atoms with Gasteiger partial charge in [0, 0.05) is 0 Å². The molecule has 0 aromatic heterocycles. The second-order valence-corrected chi connectivity index (χ2v) is 4.52. The number of hydrogen-bond donors (Lipinski definition) is 0. The summed E-state index contributed by atoms with van der Waals surface area (Å²) < 4.78 is 0. The van der Waals surface area contributed by atoms with Gasteiger partial charge < -0.3 is 0 Å². The summed E-state index contributed by atoms with van der Waals surface area (Å²) in [4.78, 5) is 0. The van der Waals surface area contributed by atoms with Gasteiger partial charge in [-0.25, -0.2) is 0 Å². The van der Waals surface area contributed by atoms with Crippen molar-refractivity contribution in [3.63, 3.8) is 0 Å². The Labute approximate surface area is 119 Å². The molecule has 17 heavy (non-hydrogen) atoms. The maximum Gasteiger partial charge on any atom is 2.00 e. The van der Waals surface area contributed by atoms with E-state index in [1.807, 2.05) is 32.1 Å². The second kappa shape index (κ2) is 9.45. The first-order valence-electron chi connectivity index (χ1n) is 6.35. The van der Waals surface area contributed by atoms with E-state index in [0.717, 1.165) is 5.92 Å². The van der Waals surface area contributed by atoms with E-state index in [2.05, 4.69) is 25.7 Å². The molecule has 0 aromatic carbocycles. The van der Waals surface area contributed by atoms with Crippen LogP contribution in [0.5, 0.6) is 0 Å². The minimum Gasteiger partial charge on any atom is -0.0533 e. The average Bonchev–Trinajstić information content (AvgIpc) is 3.07. The van der Waals surface area contributed by atoms with Crippen LogP contribution in [0.25, 0.3) is 0 Å². The summed E-state index contributed by atoms with van der Waals surface area (Å²) in [6.45, 7) is 0. The van der Waals surface area contributed by atoms with Crippen molar-refractivity contribution in [2.75, 3.05) is 0 Å². The predicted molar refractivity (Wildman–Crippen MR) is 68.5 cm³/mol. The smallest absolute Gasteiger partial charge is 0.0533 e. The minimum absolute atomic E-state index is 0. The van der Waals surface area contributed by atoms with Crippen LogP contribution < -0.4 is 0 Å². The monoisotopic (exact) mass is 268 g/mol. The van der Waals surface area contributed by atoms with E-state index in [9.17, 15) is 0 Å². The SMILES string of the molecule is [CH]1[CH][CH][CH][CH]1.[CH]1[CH][CH][C](C2CCCCC2)[CH]1.[Fe+2]. The largest absolute Gasteiger partial charge is 2.00 e. The Morgan fingerprint density at radius 1 is 0.647 bits per heavy atom. The van der Waals surface area contributed by atoms with Crippen molar-refractivity contribution in [3.8, 4) is 0 Å². The first-order chi connectivity index (χ1) is 7.97. The van der Waals surface area contributed by atoms with Crippen LogP contribution in [0.2, 0.25) is 0 Å². The molecular weight excluding hydrogens is 248 g/mol. The van der Waals surface area contributed by atoms with Crippen molar-refractivity contribution in [2.45, 2.75) is 32.1 Å². The summed E-state index contributed by atoms with van der Waals surface area (Å²) in [6.07, 6.45) is 26.0. The number of hydrogen-bond acceptors (Lipinski definition) is 0. The van der Waals surface area contributed by atoms with Crippen LogP contribution in [0, 0.1) is 69.6 Å². The Kier molecular flexibility index (Phi) is 8.66. The van der Waals surface area contributed by atoms with Crippen LogP contribution in [-0.4, -0.2) is 0 Å². The third kappa shape index (κ3) is 5.79. The van der Waals surface area contributed by atoms with Gasteiger partial charge in [0.25, 0.3) is 0 Å². The zero-order valence-electron chi connectivity index (χ0n) is 10.2. The zero-order valence-corrected chi connectivity index (χ0v) is 11.3. The molecule has 1 heteroatoms. The summed E-state index contributed by atoms with van der Waals surface area (Å²) in [5, 5.41) is 0. The van der Waals surface area contributed by atoms with E-state index in [1.54, 1.807) is 5.92 Å². The molecule has 3 rings (SSSR count). The molecule has 0 aromatic rings. The Morgan fingerprint density at radius 2 is 1.12 bits per heavy atom. The third-order valence-electron chi connectivity index (χ3n) is 3.32. The van der Waals surface area contributed by atoms with Crippen molar-refractivity contribution in [1.82, 2.24) is 0 Å². The Hall–Kier alpha value is 0.519. The third-order valence-corrected chi connectivity index (χ3v) is 3.32. The molecule has 0 amide bonds. The molecule has 3 saturated carbocycles. The Bertz CT molecular complexity index is 155. The van der Waals surface area contributed by atoms with Gasteiger partial charge in [0.2, 0.25) is 0 Å². The molecule has 0 unspecified atom stereocenters. The van der Waals surface area contributed by atoms with Crippen LogP contribution in [0.15, 0.2) is 0 Å². The van der Waals surface area contributed by atoms with Gasteiger partial charge in [0.05, 0.1) is 0 Å². The first kappa shape index (κ1) is 15.6. The fourth-order valence-electron chi connectivity index (χ4n) is 2.42. The van der Waals surface area contributed by atoms with E-state index in [4.69, 9.17) is 0 Å². The van der Waals surface area contributed by atoms with E-state index >= 15 is 0 Å². The first-order valence-corrected chi connectivity index (χ1v) is 6.35. The van der Waals surface area contributed by atoms with Crippen molar-refractivity contribution in [2.24, 2.45) is 5.92 Å². The molecule has 0 spiro atoms. The molecular formula is C16H20Fe+2. The van der Waals surface area contributed by atoms with Gasteiger partial charge >= 0.3 is 17.1 Å². The quantitative estimate of drug-likeness (QED) is 0.631. The predicted octanol–water partition coefficient (Wildman–Crippen LogP) is 3.99. The van der Waals surface area contributed by atoms with Crippen molar-refractivity contribution in [3.05, 3.63) is 63.7 Å². The molecule has 0 atom stereocenters. The fraction of sp³-hybridized carbons (Fsp3) is 0.375. The fourth-order valence-corrected chi connectivity index (χ4v) is 2.42. The van der Waals surface area contributed by atoms with Crippen LogP contribution in [0.3, 0.4) is 0 Å². The number of rotatable bonds is 1. The molecule has 3 fully saturated rings. The van der Waals surface area contributed by atoms with Crippen LogP contribution in [-0.2, 0) is 17.1 Å². The van der Waals surface area contributed by atoms with Gasteiger partial charge in [-0.05, 0) is 82.5 Å². The molecule has 0 bridgehead atoms. The second-order valence-electron chi connectivity index (χ2n) is 4.52. The van der Waals surface area contributed by atoms with Crippen molar-refractivity contribution < 1.29 is 17.1 Å². The summed E-state index contributed by atoms with van der Waals surface area (Å²) in [6, 6.07) is 0. The molecule has 0 heterocycles. The Morgan fingerprint density at radius 3 is 1.59 bits per heavy atom. The standard InChI is InChI=1S/C11H15.C5H5.Fe/c1-2-6-10(7-3-1)11-8-4-5-9-11;1-2-4-5-3-1;/h4-5,8-10H,1-3,6-7H2;1-5H;/q;;+2. The van der Waals surface area contributed by atoms with Crippen molar-refractivity contribution >= 4 is 0 Å². The molecule has 90 valence electrons. The maximum absolute atomic E-state index is 2.27. The summed E-state index contributed by atoms with van der Waals surface area (Å²) in [5.74, 6) is 2.46. The molecule has 3 aliphatic rings. The molecule has 0 nitrogen and oxygen atoms in total. The molecule has 0 saturated heterocycles. The molecule has 0 aliphatic heterocycles. The molecule has 0 N–H and O–H groups in total. The minimum atomic E-state index is 0. The van der Waals surface area contributed by atoms with Gasteiger partial charge in [-0.1, -0.05) is 19.3 Å². The summed E-state index contributed by atoms with van der Waals surface area (Å²) in [5.41, 5.74) is 0. The molecule has 3 aliphatic carbocycles. The molecule has 10 radical (unpaired) electrons. The van der Waals surface area contributed by atoms with Gasteiger partial charge in [0.1, 0.15) is 0 Å². The van der Waals surface area contributed by atoms with Crippen molar-refractivity contribution in [1.29, 1.82) is 0 Å². The summed E-state index contributed by atoms with van der Waals surface area (Å²) in [7, 11) is 0. The van der Waals surface area contributed by atoms with E-state index in [0.29, 0.717) is 0 Å². The van der Waals surface area contributed by atoms with Gasteiger partial charge in [-0.15, -0.1) is 0 Å². The zero-order chi connectivity index (χ0) is 11.1. The topological polar surface area (TPSA) is 0 Å². The van der Waals surface area contributed by atoms with Crippen LogP contribution in [0.4, 0.5) is 0 Å². The Balaban J connectivity index is 0.000000205. The summed E-state index contributed by atoms with van der Waals surface area (Å²) >= 11 is 0. The van der Waals surface area contributed by atoms with E-state index in [1.165, 1.54) is 32.1 Å². The van der Waals surface area contributed by atoms with Crippen LogP contribution in [0.1, 0.15) is 32.1 Å².